The van der Waals surface area contributed by atoms with E-state index in [1.165, 1.54) is 12.1 Å². The summed E-state index contributed by atoms with van der Waals surface area (Å²) < 4.78 is 62.5. The minimum absolute atomic E-state index is 0.193. The molecule has 1 heterocycles. The first-order valence-corrected chi connectivity index (χ1v) is 7.35. The highest BCUT2D eigenvalue weighted by molar-refractivity contribution is 5.68. The Morgan fingerprint density at radius 2 is 1.84 bits per heavy atom. The maximum Gasteiger partial charge on any atom is 0.419 e. The van der Waals surface area contributed by atoms with Crippen molar-refractivity contribution in [3.63, 3.8) is 0 Å². The van der Waals surface area contributed by atoms with Gasteiger partial charge in [-0.25, -0.2) is 9.18 Å². The van der Waals surface area contributed by atoms with Gasteiger partial charge in [0.15, 0.2) is 0 Å². The quantitative estimate of drug-likeness (QED) is 0.811. The fourth-order valence-electron chi connectivity index (χ4n) is 2.72. The van der Waals surface area contributed by atoms with Gasteiger partial charge in [0.05, 0.1) is 12.2 Å². The average Bonchev–Trinajstić information content (AvgIpc) is 2.53. The summed E-state index contributed by atoms with van der Waals surface area (Å²) in [5.41, 5.74) is 4.88. The lowest BCUT2D eigenvalue weighted by Crippen LogP contribution is -2.22. The van der Waals surface area contributed by atoms with Crippen molar-refractivity contribution in [2.45, 2.75) is 18.7 Å². The van der Waals surface area contributed by atoms with Crippen LogP contribution in [0.15, 0.2) is 36.4 Å². The van der Waals surface area contributed by atoms with Gasteiger partial charge in [-0.1, -0.05) is 18.2 Å². The molecule has 0 bridgehead atoms. The van der Waals surface area contributed by atoms with Crippen LogP contribution in [0.5, 0.6) is 5.75 Å². The molecule has 4 nitrogen and oxygen atoms in total. The zero-order valence-electron chi connectivity index (χ0n) is 12.8. The number of rotatable bonds is 2. The maximum absolute atomic E-state index is 13.4. The highest BCUT2D eigenvalue weighted by Gasteiger charge is 2.34. The number of hydrogen-bond acceptors (Lipinski definition) is 3. The molecule has 1 unspecified atom stereocenters. The second kappa shape index (κ2) is 6.27. The molecule has 0 fully saturated rings. The van der Waals surface area contributed by atoms with Gasteiger partial charge in [-0.15, -0.1) is 0 Å². The molecular weight excluding hydrogens is 342 g/mol. The lowest BCUT2D eigenvalue weighted by Gasteiger charge is -2.25. The normalized spacial score (nSPS) is 16.7. The van der Waals surface area contributed by atoms with Gasteiger partial charge in [0.25, 0.3) is 0 Å². The van der Waals surface area contributed by atoms with Crippen LogP contribution in [-0.4, -0.2) is 12.7 Å². The topological polar surface area (TPSA) is 61.6 Å². The van der Waals surface area contributed by atoms with E-state index in [2.05, 4.69) is 0 Å². The van der Waals surface area contributed by atoms with Crippen molar-refractivity contribution in [1.29, 1.82) is 0 Å². The molecule has 2 aromatic carbocycles. The summed E-state index contributed by atoms with van der Waals surface area (Å²) in [7, 11) is 0. The van der Waals surface area contributed by atoms with Crippen LogP contribution in [0.2, 0.25) is 0 Å². The molecule has 0 radical (unpaired) electrons. The molecule has 0 saturated carbocycles. The SMILES string of the molecule is NC(=O)OC1CCOc2cc(-c3ccc(F)c(C(F)(F)F)c3)ccc21. The van der Waals surface area contributed by atoms with Crippen molar-refractivity contribution in [3.05, 3.63) is 53.3 Å². The van der Waals surface area contributed by atoms with Crippen LogP contribution in [0.1, 0.15) is 23.7 Å². The van der Waals surface area contributed by atoms with E-state index >= 15 is 0 Å². The zero-order valence-corrected chi connectivity index (χ0v) is 12.8. The number of primary amides is 1. The molecule has 0 aromatic heterocycles. The molecule has 0 spiro atoms. The lowest BCUT2D eigenvalue weighted by atomic mass is 9.97. The molecule has 1 atom stereocenters. The minimum Gasteiger partial charge on any atom is -0.493 e. The van der Waals surface area contributed by atoms with Gasteiger partial charge in [-0.2, -0.15) is 13.2 Å². The van der Waals surface area contributed by atoms with E-state index in [0.29, 0.717) is 23.3 Å². The van der Waals surface area contributed by atoms with E-state index in [0.717, 1.165) is 12.1 Å². The number of nitrogens with two attached hydrogens (primary N) is 1. The number of ether oxygens (including phenoxy) is 2. The van der Waals surface area contributed by atoms with Crippen molar-refractivity contribution < 1.29 is 31.8 Å². The van der Waals surface area contributed by atoms with Gasteiger partial charge in [0.1, 0.15) is 17.7 Å². The molecule has 1 aliphatic rings. The second-order valence-corrected chi connectivity index (χ2v) is 5.51. The van der Waals surface area contributed by atoms with E-state index in [4.69, 9.17) is 15.2 Å². The third-order valence-electron chi connectivity index (χ3n) is 3.86. The fourth-order valence-corrected chi connectivity index (χ4v) is 2.72. The number of halogens is 4. The van der Waals surface area contributed by atoms with Gasteiger partial charge >= 0.3 is 12.3 Å². The van der Waals surface area contributed by atoms with Crippen molar-refractivity contribution in [2.75, 3.05) is 6.61 Å². The summed E-state index contributed by atoms with van der Waals surface area (Å²) in [5, 5.41) is 0. The number of carbonyl (C=O) groups is 1. The highest BCUT2D eigenvalue weighted by atomic mass is 19.4. The Morgan fingerprint density at radius 3 is 2.52 bits per heavy atom. The van der Waals surface area contributed by atoms with E-state index < -0.39 is 29.8 Å². The zero-order chi connectivity index (χ0) is 18.2. The molecule has 1 amide bonds. The van der Waals surface area contributed by atoms with Crippen molar-refractivity contribution in [2.24, 2.45) is 5.73 Å². The molecule has 2 N–H and O–H groups in total. The summed E-state index contributed by atoms with van der Waals surface area (Å²) in [6, 6.07) is 7.45. The first kappa shape index (κ1) is 17.1. The van der Waals surface area contributed by atoms with Gasteiger partial charge in [-0.05, 0) is 29.3 Å². The monoisotopic (exact) mass is 355 g/mol. The molecule has 25 heavy (non-hydrogen) atoms. The number of alkyl halides is 3. The molecule has 2 aromatic rings. The number of carbonyl (C=O) groups excluding carboxylic acids is 1. The summed E-state index contributed by atoms with van der Waals surface area (Å²) in [6.45, 7) is 0.269. The summed E-state index contributed by atoms with van der Waals surface area (Å²) >= 11 is 0. The molecular formula is C17H13F4NO3. The predicted molar refractivity (Wildman–Crippen MR) is 80.4 cm³/mol. The fraction of sp³-hybridized carbons (Fsp3) is 0.235. The third-order valence-corrected chi connectivity index (χ3v) is 3.86. The molecule has 0 saturated heterocycles. The van der Waals surface area contributed by atoms with Crippen LogP contribution in [-0.2, 0) is 10.9 Å². The molecule has 0 aliphatic carbocycles. The van der Waals surface area contributed by atoms with E-state index in [9.17, 15) is 22.4 Å². The van der Waals surface area contributed by atoms with E-state index in [1.807, 2.05) is 0 Å². The maximum atomic E-state index is 13.4. The second-order valence-electron chi connectivity index (χ2n) is 5.51. The minimum atomic E-state index is -4.79. The first-order chi connectivity index (χ1) is 11.8. The van der Waals surface area contributed by atoms with Crippen LogP contribution < -0.4 is 10.5 Å². The van der Waals surface area contributed by atoms with Gasteiger partial charge in [0, 0.05) is 12.0 Å². The highest BCUT2D eigenvalue weighted by Crippen LogP contribution is 2.39. The van der Waals surface area contributed by atoms with Crippen LogP contribution in [0, 0.1) is 5.82 Å². The van der Waals surface area contributed by atoms with Crippen LogP contribution >= 0.6 is 0 Å². The first-order valence-electron chi connectivity index (χ1n) is 7.35. The Kier molecular flexibility index (Phi) is 4.28. The molecule has 1 aliphatic heterocycles. The third kappa shape index (κ3) is 3.52. The summed E-state index contributed by atoms with van der Waals surface area (Å²) in [6.07, 6.45) is -5.86. The van der Waals surface area contributed by atoms with Gasteiger partial charge < -0.3 is 15.2 Å². The summed E-state index contributed by atoms with van der Waals surface area (Å²) in [5.74, 6) is -0.951. The number of amides is 1. The standard InChI is InChI=1S/C17H13F4NO3/c18-13-4-2-9(7-12(13)17(19,20)21)10-1-3-11-14(25-16(22)23)5-6-24-15(11)8-10/h1-4,7-8,14H,5-6H2,(H2,22,23). The van der Waals surface area contributed by atoms with Crippen molar-refractivity contribution in [1.82, 2.24) is 0 Å². The lowest BCUT2D eigenvalue weighted by molar-refractivity contribution is -0.139. The Balaban J connectivity index is 1.99. The van der Waals surface area contributed by atoms with E-state index in [-0.39, 0.29) is 12.2 Å². The number of fused-ring (bicyclic) bond motifs is 1. The van der Waals surface area contributed by atoms with Crippen molar-refractivity contribution >= 4 is 6.09 Å². The van der Waals surface area contributed by atoms with Gasteiger partial charge in [0.2, 0.25) is 0 Å². The Morgan fingerprint density at radius 1 is 1.16 bits per heavy atom. The number of hydrogen-bond donors (Lipinski definition) is 1. The van der Waals surface area contributed by atoms with Crippen LogP contribution in [0.4, 0.5) is 22.4 Å². The van der Waals surface area contributed by atoms with Crippen molar-refractivity contribution in [3.8, 4) is 16.9 Å². The predicted octanol–water partition coefficient (Wildman–Crippen LogP) is 4.43. The summed E-state index contributed by atoms with van der Waals surface area (Å²) in [4.78, 5) is 10.9. The van der Waals surface area contributed by atoms with Crippen LogP contribution in [0.3, 0.4) is 0 Å². The Bertz CT molecular complexity index is 820. The van der Waals surface area contributed by atoms with Gasteiger partial charge in [-0.3, -0.25) is 0 Å². The largest absolute Gasteiger partial charge is 0.493 e. The Hall–Kier alpha value is -2.77. The Labute approximate surface area is 140 Å². The van der Waals surface area contributed by atoms with E-state index in [1.54, 1.807) is 12.1 Å². The average molecular weight is 355 g/mol. The number of benzene rings is 2. The van der Waals surface area contributed by atoms with Crippen LogP contribution in [0.25, 0.3) is 11.1 Å². The molecule has 3 rings (SSSR count). The molecule has 132 valence electrons. The molecule has 8 heteroatoms. The smallest absolute Gasteiger partial charge is 0.419 e.